The van der Waals surface area contributed by atoms with Crippen molar-refractivity contribution < 1.29 is 14.4 Å². The summed E-state index contributed by atoms with van der Waals surface area (Å²) in [7, 11) is 0. The fraction of sp³-hybridized carbons (Fsp3) is 0.444. The zero-order chi connectivity index (χ0) is 24.8. The Balaban J connectivity index is 1.90. The maximum Gasteiger partial charge on any atom is 0.253 e. The predicted octanol–water partition coefficient (Wildman–Crippen LogP) is 5.52. The minimum atomic E-state index is -0.224. The molecule has 0 unspecified atom stereocenters. The lowest BCUT2D eigenvalue weighted by Gasteiger charge is -2.21. The van der Waals surface area contributed by atoms with Crippen LogP contribution in [0.2, 0.25) is 0 Å². The molecule has 0 heterocycles. The third-order valence-corrected chi connectivity index (χ3v) is 5.27. The first kappa shape index (κ1) is 26.9. The molecule has 3 amide bonds. The van der Waals surface area contributed by atoms with E-state index in [-0.39, 0.29) is 24.3 Å². The molecule has 34 heavy (non-hydrogen) atoms. The Morgan fingerprint density at radius 3 is 2.03 bits per heavy atom. The highest BCUT2D eigenvalue weighted by Crippen LogP contribution is 2.17. The molecule has 0 aliphatic rings. The summed E-state index contributed by atoms with van der Waals surface area (Å²) in [5, 5.41) is 8.82. The quantitative estimate of drug-likeness (QED) is 0.320. The van der Waals surface area contributed by atoms with Gasteiger partial charge in [0.2, 0.25) is 11.8 Å². The van der Waals surface area contributed by atoms with Crippen LogP contribution in [0.1, 0.15) is 69.7 Å². The molecular weight excluding hydrogens is 428 g/mol. The summed E-state index contributed by atoms with van der Waals surface area (Å²) in [6.45, 7) is 7.70. The van der Waals surface area contributed by atoms with Crippen LogP contribution in [0.5, 0.6) is 0 Å². The van der Waals surface area contributed by atoms with E-state index in [9.17, 15) is 14.4 Å². The monoisotopic (exact) mass is 466 g/mol. The number of carbonyl (C=O) groups excluding carboxylic acids is 3. The van der Waals surface area contributed by atoms with E-state index in [4.69, 9.17) is 0 Å². The Bertz CT molecular complexity index is 939. The third kappa shape index (κ3) is 9.25. The Morgan fingerprint density at radius 2 is 1.35 bits per heavy atom. The van der Waals surface area contributed by atoms with Crippen LogP contribution in [0.3, 0.4) is 0 Å². The van der Waals surface area contributed by atoms with E-state index in [0.717, 1.165) is 37.8 Å². The van der Waals surface area contributed by atoms with Gasteiger partial charge < -0.3 is 20.9 Å². The number of benzene rings is 2. The van der Waals surface area contributed by atoms with Crippen LogP contribution >= 0.6 is 0 Å². The van der Waals surface area contributed by atoms with Crippen molar-refractivity contribution in [3.8, 4) is 0 Å². The van der Waals surface area contributed by atoms with Crippen molar-refractivity contribution >= 4 is 34.8 Å². The summed E-state index contributed by atoms with van der Waals surface area (Å²) < 4.78 is 0. The van der Waals surface area contributed by atoms with Gasteiger partial charge in [0.25, 0.3) is 5.91 Å². The number of rotatable bonds is 14. The molecule has 0 aliphatic carbocycles. The lowest BCUT2D eigenvalue weighted by molar-refractivity contribution is -0.116. The minimum absolute atomic E-state index is 0.00536. The number of hydrogen-bond acceptors (Lipinski definition) is 4. The SMILES string of the molecule is CCCCCC(=O)Nc1cccc(NCC(=O)Nc2cccc(C(=O)N(CCC)CCC)c2)c1. The van der Waals surface area contributed by atoms with Crippen molar-refractivity contribution in [2.24, 2.45) is 0 Å². The molecule has 3 N–H and O–H groups in total. The second kappa shape index (κ2) is 14.7. The van der Waals surface area contributed by atoms with Gasteiger partial charge >= 0.3 is 0 Å². The second-order valence-corrected chi connectivity index (χ2v) is 8.36. The Hall–Kier alpha value is -3.35. The van der Waals surface area contributed by atoms with Gasteiger partial charge in [0.15, 0.2) is 0 Å². The smallest absolute Gasteiger partial charge is 0.253 e. The van der Waals surface area contributed by atoms with E-state index in [0.29, 0.717) is 36.4 Å². The van der Waals surface area contributed by atoms with E-state index < -0.39 is 0 Å². The molecule has 0 fully saturated rings. The highest BCUT2D eigenvalue weighted by atomic mass is 16.2. The van der Waals surface area contributed by atoms with E-state index in [1.165, 1.54) is 0 Å². The Morgan fingerprint density at radius 1 is 0.735 bits per heavy atom. The number of anilines is 3. The van der Waals surface area contributed by atoms with Crippen molar-refractivity contribution in [3.05, 3.63) is 54.1 Å². The zero-order valence-electron chi connectivity index (χ0n) is 20.7. The topological polar surface area (TPSA) is 90.5 Å². The number of amides is 3. The zero-order valence-corrected chi connectivity index (χ0v) is 20.7. The van der Waals surface area contributed by atoms with Gasteiger partial charge in [0, 0.05) is 42.1 Å². The molecule has 0 atom stereocenters. The average molecular weight is 467 g/mol. The number of unbranched alkanes of at least 4 members (excludes halogenated alkanes) is 2. The summed E-state index contributed by atoms with van der Waals surface area (Å²) >= 11 is 0. The molecule has 2 rings (SSSR count). The molecule has 184 valence electrons. The van der Waals surface area contributed by atoms with Crippen LogP contribution in [-0.4, -0.2) is 42.3 Å². The van der Waals surface area contributed by atoms with Crippen LogP contribution in [0.15, 0.2) is 48.5 Å². The number of nitrogens with one attached hydrogen (secondary N) is 3. The first-order valence-corrected chi connectivity index (χ1v) is 12.3. The van der Waals surface area contributed by atoms with Crippen LogP contribution in [0, 0.1) is 0 Å². The van der Waals surface area contributed by atoms with Crippen molar-refractivity contribution in [2.45, 2.75) is 59.3 Å². The van der Waals surface area contributed by atoms with Crippen LogP contribution < -0.4 is 16.0 Å². The maximum absolute atomic E-state index is 12.8. The molecular formula is C27H38N4O3. The number of hydrogen-bond donors (Lipinski definition) is 3. The Labute approximate surface area is 203 Å². The fourth-order valence-electron chi connectivity index (χ4n) is 3.62. The van der Waals surface area contributed by atoms with Gasteiger partial charge in [-0.3, -0.25) is 14.4 Å². The third-order valence-electron chi connectivity index (χ3n) is 5.27. The predicted molar refractivity (Wildman–Crippen MR) is 139 cm³/mol. The lowest BCUT2D eigenvalue weighted by Crippen LogP contribution is -2.32. The summed E-state index contributed by atoms with van der Waals surface area (Å²) in [5.74, 6) is -0.252. The van der Waals surface area contributed by atoms with Gasteiger partial charge in [0.1, 0.15) is 0 Å². The molecule has 7 nitrogen and oxygen atoms in total. The van der Waals surface area contributed by atoms with Gasteiger partial charge in [-0.1, -0.05) is 45.7 Å². The van der Waals surface area contributed by atoms with Crippen molar-refractivity contribution in [2.75, 3.05) is 35.6 Å². The summed E-state index contributed by atoms with van der Waals surface area (Å²) in [5.41, 5.74) is 2.58. The number of carbonyl (C=O) groups is 3. The molecule has 0 spiro atoms. The van der Waals surface area contributed by atoms with E-state index in [2.05, 4.69) is 36.7 Å². The number of nitrogens with zero attached hydrogens (tertiary/aromatic N) is 1. The first-order valence-electron chi connectivity index (χ1n) is 12.3. The lowest BCUT2D eigenvalue weighted by atomic mass is 10.1. The van der Waals surface area contributed by atoms with Crippen LogP contribution in [0.25, 0.3) is 0 Å². The fourth-order valence-corrected chi connectivity index (χ4v) is 3.62. The molecule has 0 radical (unpaired) electrons. The largest absolute Gasteiger partial charge is 0.376 e. The molecule has 7 heteroatoms. The normalized spacial score (nSPS) is 10.4. The molecule has 0 bridgehead atoms. The van der Waals surface area contributed by atoms with Gasteiger partial charge in [-0.2, -0.15) is 0 Å². The summed E-state index contributed by atoms with van der Waals surface area (Å²) in [6.07, 6.45) is 5.30. The molecule has 2 aromatic carbocycles. The first-order chi connectivity index (χ1) is 16.5. The molecule has 0 saturated heterocycles. The summed E-state index contributed by atoms with van der Waals surface area (Å²) in [4.78, 5) is 39.2. The van der Waals surface area contributed by atoms with E-state index in [1.54, 1.807) is 30.3 Å². The summed E-state index contributed by atoms with van der Waals surface area (Å²) in [6, 6.07) is 14.3. The van der Waals surface area contributed by atoms with Gasteiger partial charge in [-0.25, -0.2) is 0 Å². The average Bonchev–Trinajstić information content (AvgIpc) is 2.83. The van der Waals surface area contributed by atoms with Gasteiger partial charge in [-0.15, -0.1) is 0 Å². The van der Waals surface area contributed by atoms with Crippen molar-refractivity contribution in [1.29, 1.82) is 0 Å². The van der Waals surface area contributed by atoms with E-state index in [1.807, 2.05) is 23.1 Å². The van der Waals surface area contributed by atoms with Crippen LogP contribution in [-0.2, 0) is 9.59 Å². The standard InChI is InChI=1S/C27H38N4O3/c1-4-7-8-15-25(32)29-24-14-10-12-22(19-24)28-20-26(33)30-23-13-9-11-21(18-23)27(34)31(16-5-2)17-6-3/h9-14,18-19,28H,4-8,15-17,20H2,1-3H3,(H,29,32)(H,30,33). The van der Waals surface area contributed by atoms with Gasteiger partial charge in [-0.05, 0) is 55.7 Å². The highest BCUT2D eigenvalue weighted by Gasteiger charge is 2.15. The van der Waals surface area contributed by atoms with Gasteiger partial charge in [0.05, 0.1) is 6.54 Å². The molecule has 0 aromatic heterocycles. The molecule has 0 aliphatic heterocycles. The van der Waals surface area contributed by atoms with Crippen molar-refractivity contribution in [1.82, 2.24) is 4.90 Å². The molecule has 0 saturated carbocycles. The highest BCUT2D eigenvalue weighted by molar-refractivity contribution is 5.98. The minimum Gasteiger partial charge on any atom is -0.376 e. The Kier molecular flexibility index (Phi) is 11.7. The molecule has 2 aromatic rings. The van der Waals surface area contributed by atoms with Crippen LogP contribution in [0.4, 0.5) is 17.1 Å². The van der Waals surface area contributed by atoms with Crippen molar-refractivity contribution in [3.63, 3.8) is 0 Å². The maximum atomic E-state index is 12.8. The van der Waals surface area contributed by atoms with E-state index >= 15 is 0 Å². The second-order valence-electron chi connectivity index (χ2n) is 8.36.